The first kappa shape index (κ1) is 11.1. The van der Waals surface area contributed by atoms with Crippen molar-refractivity contribution in [1.29, 1.82) is 0 Å². The Morgan fingerprint density at radius 2 is 2.12 bits per heavy atom. The van der Waals surface area contributed by atoms with Gasteiger partial charge in [-0.25, -0.2) is 4.98 Å². The van der Waals surface area contributed by atoms with Crippen molar-refractivity contribution in [2.24, 2.45) is 0 Å². The third kappa shape index (κ3) is 2.61. The molecular weight excluding hydrogens is 202 g/mol. The van der Waals surface area contributed by atoms with Crippen molar-refractivity contribution in [2.75, 3.05) is 31.2 Å². The summed E-state index contributed by atoms with van der Waals surface area (Å²) in [4.78, 5) is 10.5. The second kappa shape index (κ2) is 4.65. The molecule has 0 atom stereocenters. The molecule has 0 aliphatic carbocycles. The fourth-order valence-corrected chi connectivity index (χ4v) is 1.95. The van der Waals surface area contributed by atoms with Gasteiger partial charge in [-0.2, -0.15) is 4.98 Å². The van der Waals surface area contributed by atoms with Crippen LogP contribution in [0.4, 0.5) is 11.8 Å². The van der Waals surface area contributed by atoms with Gasteiger partial charge in [-0.05, 0) is 39.9 Å². The van der Waals surface area contributed by atoms with Crippen molar-refractivity contribution in [3.8, 4) is 0 Å². The Morgan fingerprint density at radius 1 is 1.44 bits per heavy atom. The number of aromatic nitrogens is 2. The second-order valence-electron chi connectivity index (χ2n) is 4.48. The minimum absolute atomic E-state index is 0.334. The topological polar surface area (TPSA) is 67.1 Å². The zero-order valence-electron chi connectivity index (χ0n) is 9.90. The highest BCUT2D eigenvalue weighted by molar-refractivity contribution is 5.45. The minimum Gasteiger partial charge on any atom is -0.368 e. The monoisotopic (exact) mass is 221 g/mol. The van der Waals surface area contributed by atoms with Gasteiger partial charge in [-0.15, -0.1) is 0 Å². The number of likely N-dealkylation sites (tertiary alicyclic amines) is 1. The summed E-state index contributed by atoms with van der Waals surface area (Å²) >= 11 is 0. The summed E-state index contributed by atoms with van der Waals surface area (Å²) in [5, 5.41) is 3.45. The van der Waals surface area contributed by atoms with Crippen LogP contribution in [0.1, 0.15) is 18.4 Å². The summed E-state index contributed by atoms with van der Waals surface area (Å²) < 4.78 is 0. The van der Waals surface area contributed by atoms with Gasteiger partial charge in [0.05, 0.1) is 0 Å². The minimum atomic E-state index is 0.334. The number of hydrogen-bond acceptors (Lipinski definition) is 5. The van der Waals surface area contributed by atoms with E-state index in [4.69, 9.17) is 5.73 Å². The Hall–Kier alpha value is -1.36. The lowest BCUT2D eigenvalue weighted by atomic mass is 10.1. The molecule has 0 saturated carbocycles. The summed E-state index contributed by atoms with van der Waals surface area (Å²) in [6, 6.07) is 0.504. The molecule has 0 unspecified atom stereocenters. The molecule has 5 heteroatoms. The van der Waals surface area contributed by atoms with E-state index in [1.807, 2.05) is 6.92 Å². The summed E-state index contributed by atoms with van der Waals surface area (Å²) in [5.74, 6) is 1.21. The van der Waals surface area contributed by atoms with Crippen LogP contribution in [0.5, 0.6) is 0 Å². The van der Waals surface area contributed by atoms with Crippen molar-refractivity contribution >= 4 is 11.8 Å². The summed E-state index contributed by atoms with van der Waals surface area (Å²) in [6.07, 6.45) is 4.07. The number of aryl methyl sites for hydroxylation is 1. The van der Waals surface area contributed by atoms with Gasteiger partial charge in [-0.3, -0.25) is 0 Å². The number of anilines is 2. The molecule has 2 rings (SSSR count). The van der Waals surface area contributed by atoms with Gasteiger partial charge in [0.2, 0.25) is 5.95 Å². The average Bonchev–Trinajstić information content (AvgIpc) is 2.27. The van der Waals surface area contributed by atoms with Crippen LogP contribution < -0.4 is 11.1 Å². The lowest BCUT2D eigenvalue weighted by Gasteiger charge is -2.30. The highest BCUT2D eigenvalue weighted by Crippen LogP contribution is 2.17. The standard InChI is InChI=1S/C11H19N5/c1-8-7-13-11(12)15-10(8)14-9-3-5-16(2)6-4-9/h7,9H,3-6H2,1-2H3,(H3,12,13,14,15). The van der Waals surface area contributed by atoms with Crippen molar-refractivity contribution in [3.63, 3.8) is 0 Å². The van der Waals surface area contributed by atoms with E-state index in [0.29, 0.717) is 12.0 Å². The predicted molar refractivity (Wildman–Crippen MR) is 65.3 cm³/mol. The maximum absolute atomic E-state index is 5.58. The van der Waals surface area contributed by atoms with E-state index in [1.165, 1.54) is 0 Å². The Balaban J connectivity index is 2.00. The van der Waals surface area contributed by atoms with Gasteiger partial charge in [0.15, 0.2) is 0 Å². The van der Waals surface area contributed by atoms with Crippen LogP contribution in [0.3, 0.4) is 0 Å². The maximum atomic E-state index is 5.58. The molecule has 1 aliphatic rings. The molecule has 1 aromatic rings. The maximum Gasteiger partial charge on any atom is 0.221 e. The van der Waals surface area contributed by atoms with Crippen molar-refractivity contribution < 1.29 is 0 Å². The molecule has 16 heavy (non-hydrogen) atoms. The van der Waals surface area contributed by atoms with Crippen molar-refractivity contribution in [2.45, 2.75) is 25.8 Å². The highest BCUT2D eigenvalue weighted by Gasteiger charge is 2.17. The Kier molecular flexibility index (Phi) is 3.24. The fraction of sp³-hybridized carbons (Fsp3) is 0.636. The first-order chi connectivity index (χ1) is 7.65. The van der Waals surface area contributed by atoms with Crippen LogP contribution >= 0.6 is 0 Å². The average molecular weight is 221 g/mol. The van der Waals surface area contributed by atoms with E-state index >= 15 is 0 Å². The first-order valence-electron chi connectivity index (χ1n) is 5.69. The van der Waals surface area contributed by atoms with E-state index < -0.39 is 0 Å². The zero-order chi connectivity index (χ0) is 11.5. The molecule has 0 aromatic carbocycles. The highest BCUT2D eigenvalue weighted by atomic mass is 15.1. The molecule has 3 N–H and O–H groups in total. The Labute approximate surface area is 96.1 Å². The zero-order valence-corrected chi connectivity index (χ0v) is 9.90. The smallest absolute Gasteiger partial charge is 0.221 e. The Bertz CT molecular complexity index is 357. The van der Waals surface area contributed by atoms with Crippen molar-refractivity contribution in [3.05, 3.63) is 11.8 Å². The molecule has 1 aromatic heterocycles. The summed E-state index contributed by atoms with van der Waals surface area (Å²) in [6.45, 7) is 4.27. The molecule has 1 aliphatic heterocycles. The van der Waals surface area contributed by atoms with Gasteiger partial charge in [0, 0.05) is 17.8 Å². The molecule has 0 amide bonds. The first-order valence-corrected chi connectivity index (χ1v) is 5.69. The van der Waals surface area contributed by atoms with Crippen LogP contribution in [0, 0.1) is 6.92 Å². The third-order valence-electron chi connectivity index (χ3n) is 3.05. The number of nitrogens with zero attached hydrogens (tertiary/aromatic N) is 3. The van der Waals surface area contributed by atoms with E-state index in [2.05, 4.69) is 27.2 Å². The summed E-state index contributed by atoms with van der Waals surface area (Å²) in [7, 11) is 2.16. The molecule has 88 valence electrons. The van der Waals surface area contributed by atoms with Gasteiger partial charge < -0.3 is 16.0 Å². The van der Waals surface area contributed by atoms with Crippen molar-refractivity contribution in [1.82, 2.24) is 14.9 Å². The lowest BCUT2D eigenvalue weighted by Crippen LogP contribution is -2.37. The van der Waals surface area contributed by atoms with E-state index in [1.54, 1.807) is 6.20 Å². The molecule has 5 nitrogen and oxygen atoms in total. The van der Waals surface area contributed by atoms with Crippen LogP contribution in [-0.4, -0.2) is 41.0 Å². The van der Waals surface area contributed by atoms with E-state index in [-0.39, 0.29) is 0 Å². The predicted octanol–water partition coefficient (Wildman–Crippen LogP) is 0.873. The number of nitrogens with one attached hydrogen (secondary N) is 1. The molecular formula is C11H19N5. The van der Waals surface area contributed by atoms with Crippen LogP contribution in [0.15, 0.2) is 6.20 Å². The third-order valence-corrected chi connectivity index (χ3v) is 3.05. The van der Waals surface area contributed by atoms with Gasteiger partial charge in [0.1, 0.15) is 5.82 Å². The van der Waals surface area contributed by atoms with Crippen LogP contribution in [0.25, 0.3) is 0 Å². The number of piperidine rings is 1. The molecule has 2 heterocycles. The SMILES string of the molecule is Cc1cnc(N)nc1NC1CCN(C)CC1. The molecule has 0 spiro atoms. The molecule has 0 bridgehead atoms. The normalized spacial score (nSPS) is 18.6. The van der Waals surface area contributed by atoms with Gasteiger partial charge in [0.25, 0.3) is 0 Å². The second-order valence-corrected chi connectivity index (χ2v) is 4.48. The summed E-state index contributed by atoms with van der Waals surface area (Å²) in [5.41, 5.74) is 6.63. The van der Waals surface area contributed by atoms with Gasteiger partial charge >= 0.3 is 0 Å². The number of nitrogen functional groups attached to an aromatic ring is 1. The van der Waals surface area contributed by atoms with Gasteiger partial charge in [-0.1, -0.05) is 0 Å². The fourth-order valence-electron chi connectivity index (χ4n) is 1.95. The molecule has 1 fully saturated rings. The largest absolute Gasteiger partial charge is 0.368 e. The quantitative estimate of drug-likeness (QED) is 0.775. The number of nitrogens with two attached hydrogens (primary N) is 1. The molecule has 0 radical (unpaired) electrons. The van der Waals surface area contributed by atoms with E-state index in [0.717, 1.165) is 37.3 Å². The number of rotatable bonds is 2. The van der Waals surface area contributed by atoms with E-state index in [9.17, 15) is 0 Å². The van der Waals surface area contributed by atoms with Crippen LogP contribution in [0.2, 0.25) is 0 Å². The number of hydrogen-bond donors (Lipinski definition) is 2. The molecule has 1 saturated heterocycles. The Morgan fingerprint density at radius 3 is 2.81 bits per heavy atom. The lowest BCUT2D eigenvalue weighted by molar-refractivity contribution is 0.263. The van der Waals surface area contributed by atoms with Crippen LogP contribution in [-0.2, 0) is 0 Å².